The van der Waals surface area contributed by atoms with Crippen molar-refractivity contribution >= 4 is 7.32 Å². The van der Waals surface area contributed by atoms with Crippen LogP contribution in [0, 0.1) is 0 Å². The van der Waals surface area contributed by atoms with Crippen molar-refractivity contribution in [2.24, 2.45) is 0 Å². The third kappa shape index (κ3) is 14.6. The van der Waals surface area contributed by atoms with Crippen molar-refractivity contribution in [2.75, 3.05) is 26.4 Å². The number of ether oxygens (including phenoxy) is 3. The summed E-state index contributed by atoms with van der Waals surface area (Å²) in [4.78, 5) is 0. The largest absolute Gasteiger partial charge is 0.864 e. The summed E-state index contributed by atoms with van der Waals surface area (Å²) in [7, 11) is -3.42. The highest BCUT2D eigenvalue weighted by molar-refractivity contribution is 6.39. The lowest BCUT2D eigenvalue weighted by molar-refractivity contribution is -1.07. The highest BCUT2D eigenvalue weighted by Gasteiger charge is 2.62. The molecule has 0 aliphatic rings. The summed E-state index contributed by atoms with van der Waals surface area (Å²) in [5, 5.41) is 0. The van der Waals surface area contributed by atoms with Crippen LogP contribution in [0.4, 0.5) is 79.0 Å². The van der Waals surface area contributed by atoms with E-state index >= 15 is 13.2 Å². The zero-order valence-electron chi connectivity index (χ0n) is 37.9. The van der Waals surface area contributed by atoms with Crippen LogP contribution in [0.25, 0.3) is 0 Å². The van der Waals surface area contributed by atoms with Crippen molar-refractivity contribution in [3.63, 3.8) is 0 Å². The molecule has 0 spiro atoms. The van der Waals surface area contributed by atoms with E-state index in [1.54, 1.807) is 20.8 Å². The van der Waals surface area contributed by atoms with E-state index in [-0.39, 0.29) is 69.0 Å². The fourth-order valence-corrected chi connectivity index (χ4v) is 7.49. The van der Waals surface area contributed by atoms with Crippen molar-refractivity contribution in [1.29, 1.82) is 0 Å². The van der Waals surface area contributed by atoms with Gasteiger partial charge in [0.25, 0.3) is 0 Å². The molecule has 0 bridgehead atoms. The summed E-state index contributed by atoms with van der Waals surface area (Å²) in [5.41, 5.74) is -17.0. The highest BCUT2D eigenvalue weighted by Crippen LogP contribution is 2.53. The Balaban J connectivity index is 2.73. The van der Waals surface area contributed by atoms with Crippen LogP contribution in [-0.2, 0) is 57.0 Å². The van der Waals surface area contributed by atoms with Crippen LogP contribution in [0.15, 0.2) is 48.5 Å². The lowest BCUT2D eigenvalue weighted by atomic mass is 9.89. The quantitative estimate of drug-likeness (QED) is 0.0433. The predicted molar refractivity (Wildman–Crippen MR) is 212 cm³/mol. The van der Waals surface area contributed by atoms with Gasteiger partial charge in [0, 0.05) is 20.8 Å². The number of quaternary nitrogens is 1. The second-order valence-electron chi connectivity index (χ2n) is 15.8. The first kappa shape index (κ1) is 59.0. The molecule has 7 nitrogen and oxygen atoms in total. The maximum absolute atomic E-state index is 15.7. The first-order valence-corrected chi connectivity index (χ1v) is 21.2. The molecule has 3 aromatic carbocycles. The normalized spacial score (nSPS) is 15.8. The molecule has 0 aliphatic heterocycles. The monoisotopic (exact) mass is 1030 g/mol. The van der Waals surface area contributed by atoms with Gasteiger partial charge in [0.15, 0.2) is 12.5 Å². The van der Waals surface area contributed by atoms with E-state index in [0.717, 1.165) is 6.92 Å². The van der Waals surface area contributed by atoms with Crippen molar-refractivity contribution in [2.45, 2.75) is 136 Å². The van der Waals surface area contributed by atoms with Crippen LogP contribution >= 0.6 is 0 Å². The minimum absolute atomic E-state index is 0.00103. The molecule has 0 aliphatic carbocycles. The number of hydrogen-bond acceptors (Lipinski definition) is 6. The molecule has 0 N–H and O–H groups in total. The molecule has 0 heterocycles. The SMILES string of the molecule is CCCC[N+](C(C)OCCC)(C(C)OCCC)C(C)(OCCC)c1c(OB(Oc2cc(C(F)(F)F)cc(C(F)(F)F)c2)Oc2cc(C(F)(F)F)cc(C(F)(F)F)c2)cc(C(F)(F)F)cc1C(F)(F)F. The molecule has 3 unspecified atom stereocenters. The first-order valence-electron chi connectivity index (χ1n) is 21.2. The third-order valence-corrected chi connectivity index (χ3v) is 10.7. The molecule has 69 heavy (non-hydrogen) atoms. The van der Waals surface area contributed by atoms with E-state index in [2.05, 4.69) is 0 Å². The van der Waals surface area contributed by atoms with E-state index in [9.17, 15) is 65.9 Å². The predicted octanol–water partition coefficient (Wildman–Crippen LogP) is 15.1. The standard InChI is InChI=1S/C43H49BF18NO6/c1-8-12-13-63(25(5)64-14-9-2,26(6)65-15-10-3)37(7,66-16-11-4)36-34(43(60,61)62)23-31(42(57,58)59)24-35(36)69-44(67-32-19-27(38(45,46)47)17-28(20-32)39(48,49)50)68-33-21-29(40(51,52)53)18-30(22-33)41(54,55)56/h17-26H,8-16H2,1-7H3/q+1. The van der Waals surface area contributed by atoms with Crippen LogP contribution in [-0.4, -0.2) is 50.6 Å². The van der Waals surface area contributed by atoms with Gasteiger partial charge in [0.1, 0.15) is 17.2 Å². The van der Waals surface area contributed by atoms with E-state index in [4.69, 9.17) is 28.2 Å². The van der Waals surface area contributed by atoms with Gasteiger partial charge in [-0.05, 0) is 74.2 Å². The molecule has 0 saturated heterocycles. The molecular weight excluding hydrogens is 979 g/mol. The van der Waals surface area contributed by atoms with Gasteiger partial charge in [-0.2, -0.15) is 79.0 Å². The summed E-state index contributed by atoms with van der Waals surface area (Å²) in [6.07, 6.45) is -35.7. The van der Waals surface area contributed by atoms with Gasteiger partial charge >= 0.3 is 44.4 Å². The second-order valence-corrected chi connectivity index (χ2v) is 15.8. The Labute approximate surface area is 385 Å². The number of nitrogens with zero attached hydrogens (tertiary/aromatic N) is 1. The average Bonchev–Trinajstić information content (AvgIpc) is 3.21. The van der Waals surface area contributed by atoms with Gasteiger partial charge in [0.2, 0.25) is 5.72 Å². The molecule has 26 heteroatoms. The molecule has 0 saturated carbocycles. The summed E-state index contributed by atoms with van der Waals surface area (Å²) >= 11 is 0. The van der Waals surface area contributed by atoms with Gasteiger partial charge < -0.3 is 28.2 Å². The van der Waals surface area contributed by atoms with Crippen LogP contribution in [0.5, 0.6) is 17.2 Å². The van der Waals surface area contributed by atoms with E-state index < -0.39 is 142 Å². The Morgan fingerprint density at radius 2 is 0.826 bits per heavy atom. The van der Waals surface area contributed by atoms with Crippen molar-refractivity contribution in [3.05, 3.63) is 87.5 Å². The van der Waals surface area contributed by atoms with Crippen molar-refractivity contribution < 1.29 is 112 Å². The Bertz CT molecular complexity index is 1980. The summed E-state index contributed by atoms with van der Waals surface area (Å²) in [5.74, 6) is -4.96. The van der Waals surface area contributed by atoms with Crippen LogP contribution in [0.2, 0.25) is 0 Å². The number of rotatable bonds is 22. The Kier molecular flexibility index (Phi) is 19.2. The van der Waals surface area contributed by atoms with Crippen LogP contribution < -0.4 is 14.0 Å². The summed E-state index contributed by atoms with van der Waals surface area (Å²) < 4.78 is 293. The zero-order valence-corrected chi connectivity index (χ0v) is 37.9. The highest BCUT2D eigenvalue weighted by atomic mass is 19.4. The van der Waals surface area contributed by atoms with E-state index in [0.29, 0.717) is 19.3 Å². The minimum Gasteiger partial charge on any atom is -0.490 e. The summed E-state index contributed by atoms with van der Waals surface area (Å²) in [6.45, 7) is 9.42. The fourth-order valence-electron chi connectivity index (χ4n) is 7.49. The van der Waals surface area contributed by atoms with Gasteiger partial charge in [-0.1, -0.05) is 34.1 Å². The fraction of sp³-hybridized carbons (Fsp3) is 0.581. The topological polar surface area (TPSA) is 55.4 Å². The molecule has 0 radical (unpaired) electrons. The number of hydrogen-bond donors (Lipinski definition) is 0. The molecule has 0 aromatic heterocycles. The zero-order chi connectivity index (χ0) is 52.8. The summed E-state index contributed by atoms with van der Waals surface area (Å²) in [6, 6.07) is -2.05. The van der Waals surface area contributed by atoms with Gasteiger partial charge in [-0.3, -0.25) is 0 Å². The second kappa shape index (κ2) is 22.4. The Hall–Kier alpha value is -4.30. The lowest BCUT2D eigenvalue weighted by Crippen LogP contribution is -2.72. The number of halogens is 18. The maximum Gasteiger partial charge on any atom is 0.864 e. The average molecular weight is 1030 g/mol. The van der Waals surface area contributed by atoms with Gasteiger partial charge in [-0.15, -0.1) is 0 Å². The van der Waals surface area contributed by atoms with E-state index in [1.807, 2.05) is 0 Å². The van der Waals surface area contributed by atoms with Gasteiger partial charge in [0.05, 0.1) is 65.3 Å². The smallest absolute Gasteiger partial charge is 0.490 e. The van der Waals surface area contributed by atoms with E-state index in [1.165, 1.54) is 20.8 Å². The molecule has 3 atom stereocenters. The lowest BCUT2D eigenvalue weighted by Gasteiger charge is -2.56. The molecule has 390 valence electrons. The van der Waals surface area contributed by atoms with Crippen molar-refractivity contribution in [1.82, 2.24) is 0 Å². The first-order chi connectivity index (χ1) is 31.5. The number of alkyl halides is 18. The number of benzene rings is 3. The molecule has 3 aromatic rings. The van der Waals surface area contributed by atoms with Gasteiger partial charge in [-0.25, -0.2) is 4.48 Å². The molecule has 0 amide bonds. The molecule has 0 fully saturated rings. The molecular formula is C43H49BF18NO6+. The molecule has 3 rings (SSSR count). The Morgan fingerprint density at radius 3 is 1.14 bits per heavy atom. The van der Waals surface area contributed by atoms with Crippen LogP contribution in [0.3, 0.4) is 0 Å². The number of unbranched alkanes of at least 4 members (excludes halogenated alkanes) is 1. The Morgan fingerprint density at radius 1 is 0.464 bits per heavy atom. The van der Waals surface area contributed by atoms with Crippen molar-refractivity contribution in [3.8, 4) is 17.2 Å². The third-order valence-electron chi connectivity index (χ3n) is 10.7. The minimum atomic E-state index is -5.85. The maximum atomic E-state index is 15.7. The van der Waals surface area contributed by atoms with Crippen LogP contribution in [0.1, 0.15) is 120 Å².